The fourth-order valence-electron chi connectivity index (χ4n) is 1.09. The van der Waals surface area contributed by atoms with Crippen molar-refractivity contribution >= 4 is 11.9 Å². The molecule has 0 radical (unpaired) electrons. The Balaban J connectivity index is 3.30. The lowest BCUT2D eigenvalue weighted by Crippen LogP contribution is -2.12. The van der Waals surface area contributed by atoms with Gasteiger partial charge in [-0.3, -0.25) is 4.79 Å². The minimum Gasteiger partial charge on any atom is -0.462 e. The SMILES string of the molecule is C=CC(=O)OCCOC(=O)CCCCCOC#N. The topological polar surface area (TPSA) is 85.6 Å². The highest BCUT2D eigenvalue weighted by Crippen LogP contribution is 2.01. The van der Waals surface area contributed by atoms with Gasteiger partial charge in [-0.2, -0.15) is 5.26 Å². The van der Waals surface area contributed by atoms with E-state index in [1.807, 2.05) is 0 Å². The molecule has 6 nitrogen and oxygen atoms in total. The second-order valence-electron chi connectivity index (χ2n) is 3.34. The summed E-state index contributed by atoms with van der Waals surface area (Å²) in [6.07, 6.45) is 5.14. The van der Waals surface area contributed by atoms with Crippen LogP contribution in [0.3, 0.4) is 0 Å². The summed E-state index contributed by atoms with van der Waals surface area (Å²) in [6, 6.07) is 0. The summed E-state index contributed by atoms with van der Waals surface area (Å²) in [5, 5.41) is 8.10. The Morgan fingerprint density at radius 1 is 1.11 bits per heavy atom. The van der Waals surface area contributed by atoms with Gasteiger partial charge in [0.05, 0.1) is 0 Å². The molecule has 0 unspecified atom stereocenters. The molecule has 0 saturated heterocycles. The number of carbonyl (C=O) groups excluding carboxylic acids is 2. The Labute approximate surface area is 106 Å². The molecule has 0 atom stereocenters. The maximum Gasteiger partial charge on any atom is 0.330 e. The number of hydrogen-bond donors (Lipinski definition) is 0. The summed E-state index contributed by atoms with van der Waals surface area (Å²) in [7, 11) is 0. The minimum absolute atomic E-state index is 0.0343. The number of carbonyl (C=O) groups is 2. The van der Waals surface area contributed by atoms with E-state index in [1.165, 1.54) is 0 Å². The van der Waals surface area contributed by atoms with Gasteiger partial charge in [-0.15, -0.1) is 0 Å². The molecule has 18 heavy (non-hydrogen) atoms. The molecule has 0 aromatic carbocycles. The molecule has 0 spiro atoms. The molecule has 0 fully saturated rings. The van der Waals surface area contributed by atoms with E-state index >= 15 is 0 Å². The summed E-state index contributed by atoms with van der Waals surface area (Å²) >= 11 is 0. The predicted molar refractivity (Wildman–Crippen MR) is 62.1 cm³/mol. The molecule has 0 aromatic heterocycles. The number of hydrogen-bond acceptors (Lipinski definition) is 6. The van der Waals surface area contributed by atoms with Crippen molar-refractivity contribution < 1.29 is 23.8 Å². The predicted octanol–water partition coefficient (Wildman–Crippen LogP) is 1.32. The molecular formula is C12H17NO5. The summed E-state index contributed by atoms with van der Waals surface area (Å²) in [5.74, 6) is -0.866. The maximum atomic E-state index is 11.2. The van der Waals surface area contributed by atoms with Crippen molar-refractivity contribution in [2.75, 3.05) is 19.8 Å². The lowest BCUT2D eigenvalue weighted by Gasteiger charge is -2.04. The van der Waals surface area contributed by atoms with Gasteiger partial charge in [-0.05, 0) is 19.3 Å². The fourth-order valence-corrected chi connectivity index (χ4v) is 1.09. The van der Waals surface area contributed by atoms with Crippen molar-refractivity contribution in [2.24, 2.45) is 0 Å². The minimum atomic E-state index is -0.538. The van der Waals surface area contributed by atoms with Crippen LogP contribution in [0, 0.1) is 11.5 Å². The zero-order valence-corrected chi connectivity index (χ0v) is 10.2. The zero-order valence-electron chi connectivity index (χ0n) is 10.2. The average molecular weight is 255 g/mol. The largest absolute Gasteiger partial charge is 0.462 e. The second-order valence-corrected chi connectivity index (χ2v) is 3.34. The number of unbranched alkanes of at least 4 members (excludes halogenated alkanes) is 2. The van der Waals surface area contributed by atoms with Crippen LogP contribution in [-0.4, -0.2) is 31.8 Å². The van der Waals surface area contributed by atoms with E-state index in [0.29, 0.717) is 19.4 Å². The molecule has 0 N–H and O–H groups in total. The standard InChI is InChI=1S/C12H17NO5/c1-2-11(14)17-8-9-18-12(15)6-4-3-5-7-16-10-13/h2H,1,3-9H2. The quantitative estimate of drug-likeness (QED) is 0.253. The Bertz CT molecular complexity index is 308. The summed E-state index contributed by atoms with van der Waals surface area (Å²) < 4.78 is 13.9. The Morgan fingerprint density at radius 2 is 1.83 bits per heavy atom. The van der Waals surface area contributed by atoms with Crippen molar-refractivity contribution in [3.8, 4) is 6.26 Å². The highest BCUT2D eigenvalue weighted by Gasteiger charge is 2.03. The first-order chi connectivity index (χ1) is 8.70. The molecule has 0 heterocycles. The first kappa shape index (κ1) is 16.0. The Kier molecular flexibility index (Phi) is 10.2. The monoisotopic (exact) mass is 255 g/mol. The van der Waals surface area contributed by atoms with Crippen LogP contribution in [0.15, 0.2) is 12.7 Å². The summed E-state index contributed by atoms with van der Waals surface area (Å²) in [6.45, 7) is 3.70. The fraction of sp³-hybridized carbons (Fsp3) is 0.583. The van der Waals surface area contributed by atoms with Gasteiger partial charge < -0.3 is 14.2 Å². The van der Waals surface area contributed by atoms with Crippen molar-refractivity contribution in [3.63, 3.8) is 0 Å². The number of nitrogens with zero attached hydrogens (tertiary/aromatic N) is 1. The highest BCUT2D eigenvalue weighted by atomic mass is 16.6. The Morgan fingerprint density at radius 3 is 2.50 bits per heavy atom. The van der Waals surface area contributed by atoms with Gasteiger partial charge in [0.15, 0.2) is 0 Å². The number of esters is 2. The van der Waals surface area contributed by atoms with Crippen molar-refractivity contribution in [2.45, 2.75) is 25.7 Å². The van der Waals surface area contributed by atoms with Crippen LogP contribution < -0.4 is 0 Å². The van der Waals surface area contributed by atoms with Gasteiger partial charge in [0.1, 0.15) is 19.8 Å². The average Bonchev–Trinajstić information content (AvgIpc) is 2.38. The first-order valence-corrected chi connectivity index (χ1v) is 5.66. The van der Waals surface area contributed by atoms with E-state index in [0.717, 1.165) is 18.9 Å². The third-order valence-corrected chi connectivity index (χ3v) is 1.95. The molecule has 0 aliphatic rings. The molecule has 6 heteroatoms. The molecule has 0 bridgehead atoms. The van der Waals surface area contributed by atoms with Gasteiger partial charge in [-0.1, -0.05) is 6.58 Å². The molecule has 100 valence electrons. The van der Waals surface area contributed by atoms with Crippen LogP contribution in [0.25, 0.3) is 0 Å². The molecule has 0 rings (SSSR count). The molecule has 0 saturated carbocycles. The smallest absolute Gasteiger partial charge is 0.330 e. The zero-order chi connectivity index (χ0) is 13.6. The molecule has 0 aliphatic carbocycles. The number of rotatable bonds is 10. The van der Waals surface area contributed by atoms with Gasteiger partial charge in [0.2, 0.25) is 0 Å². The third-order valence-electron chi connectivity index (χ3n) is 1.95. The Hall–Kier alpha value is -2.03. The van der Waals surface area contributed by atoms with Gasteiger partial charge in [0, 0.05) is 12.5 Å². The third kappa shape index (κ3) is 10.5. The van der Waals surface area contributed by atoms with Crippen LogP contribution >= 0.6 is 0 Å². The van der Waals surface area contributed by atoms with Crippen molar-refractivity contribution in [1.82, 2.24) is 0 Å². The summed E-state index contributed by atoms with van der Waals surface area (Å²) in [5.41, 5.74) is 0. The molecule has 0 aliphatic heterocycles. The van der Waals surface area contributed by atoms with Gasteiger partial charge in [0.25, 0.3) is 6.26 Å². The van der Waals surface area contributed by atoms with Crippen LogP contribution in [0.4, 0.5) is 0 Å². The first-order valence-electron chi connectivity index (χ1n) is 5.66. The normalized spacial score (nSPS) is 9.06. The van der Waals surface area contributed by atoms with Crippen LogP contribution in [0.1, 0.15) is 25.7 Å². The number of nitriles is 1. The van der Waals surface area contributed by atoms with E-state index in [1.54, 1.807) is 6.26 Å². The lowest BCUT2D eigenvalue weighted by atomic mass is 10.2. The highest BCUT2D eigenvalue weighted by molar-refractivity contribution is 5.81. The number of ether oxygens (including phenoxy) is 3. The van der Waals surface area contributed by atoms with Crippen molar-refractivity contribution in [3.05, 3.63) is 12.7 Å². The van der Waals surface area contributed by atoms with Crippen LogP contribution in [-0.2, 0) is 23.8 Å². The maximum absolute atomic E-state index is 11.2. The molecule has 0 amide bonds. The van der Waals surface area contributed by atoms with Crippen LogP contribution in [0.5, 0.6) is 0 Å². The van der Waals surface area contributed by atoms with E-state index in [4.69, 9.17) is 10.00 Å². The van der Waals surface area contributed by atoms with E-state index in [9.17, 15) is 9.59 Å². The molecular weight excluding hydrogens is 238 g/mol. The van der Waals surface area contributed by atoms with E-state index < -0.39 is 5.97 Å². The molecule has 0 aromatic rings. The summed E-state index contributed by atoms with van der Waals surface area (Å²) in [4.78, 5) is 21.8. The van der Waals surface area contributed by atoms with E-state index in [-0.39, 0.29) is 19.2 Å². The van der Waals surface area contributed by atoms with Gasteiger partial charge >= 0.3 is 11.9 Å². The van der Waals surface area contributed by atoms with Crippen molar-refractivity contribution in [1.29, 1.82) is 5.26 Å². The van der Waals surface area contributed by atoms with Crippen LogP contribution in [0.2, 0.25) is 0 Å². The van der Waals surface area contributed by atoms with E-state index in [2.05, 4.69) is 16.1 Å². The lowest BCUT2D eigenvalue weighted by molar-refractivity contribution is -0.149. The van der Waals surface area contributed by atoms with Gasteiger partial charge in [-0.25, -0.2) is 4.79 Å². The second kappa shape index (κ2) is 11.5.